The van der Waals surface area contributed by atoms with E-state index in [2.05, 4.69) is 6.07 Å². The summed E-state index contributed by atoms with van der Waals surface area (Å²) in [6, 6.07) is 4.07. The van der Waals surface area contributed by atoms with Crippen molar-refractivity contribution in [2.75, 3.05) is 19.7 Å². The minimum absolute atomic E-state index is 0.203. The molecule has 0 aliphatic carbocycles. The lowest BCUT2D eigenvalue weighted by atomic mass is 10.0. The molecule has 1 amide bonds. The van der Waals surface area contributed by atoms with Crippen molar-refractivity contribution in [3.05, 3.63) is 22.4 Å². The summed E-state index contributed by atoms with van der Waals surface area (Å²) in [7, 11) is 0. The summed E-state index contributed by atoms with van der Waals surface area (Å²) in [5.41, 5.74) is 0. The monoisotopic (exact) mass is 225 g/mol. The first-order chi connectivity index (χ1) is 7.29. The van der Waals surface area contributed by atoms with Crippen molar-refractivity contribution in [2.24, 2.45) is 5.92 Å². The molecule has 1 fully saturated rings. The fourth-order valence-corrected chi connectivity index (χ4v) is 2.44. The summed E-state index contributed by atoms with van der Waals surface area (Å²) >= 11 is 1.70. The molecule has 0 atom stereocenters. The van der Waals surface area contributed by atoms with E-state index in [-0.39, 0.29) is 12.5 Å². The van der Waals surface area contributed by atoms with Crippen LogP contribution in [-0.2, 0) is 11.2 Å². The van der Waals surface area contributed by atoms with E-state index in [4.69, 9.17) is 5.11 Å². The Morgan fingerprint density at radius 1 is 1.60 bits per heavy atom. The van der Waals surface area contributed by atoms with Gasteiger partial charge in [0.2, 0.25) is 5.91 Å². The van der Waals surface area contributed by atoms with E-state index in [1.54, 1.807) is 11.3 Å². The molecule has 1 aromatic heterocycles. The number of thiophene rings is 1. The summed E-state index contributed by atoms with van der Waals surface area (Å²) in [6.07, 6.45) is 1.44. The molecule has 1 N–H and O–H groups in total. The highest BCUT2D eigenvalue weighted by atomic mass is 32.1. The fraction of sp³-hybridized carbons (Fsp3) is 0.545. The van der Waals surface area contributed by atoms with Crippen LogP contribution in [0, 0.1) is 5.92 Å². The van der Waals surface area contributed by atoms with E-state index in [1.165, 1.54) is 4.88 Å². The molecule has 1 saturated heterocycles. The molecule has 1 aromatic rings. The Kier molecular flexibility index (Phi) is 3.38. The molecule has 1 aliphatic rings. The topological polar surface area (TPSA) is 40.5 Å². The van der Waals surface area contributed by atoms with Gasteiger partial charge >= 0.3 is 0 Å². The SMILES string of the molecule is O=C(CCc1cccs1)N1CC(CO)C1. The predicted octanol–water partition coefficient (Wildman–Crippen LogP) is 1.13. The first-order valence-corrected chi connectivity index (χ1v) is 6.08. The summed E-state index contributed by atoms with van der Waals surface area (Å²) in [4.78, 5) is 14.7. The van der Waals surface area contributed by atoms with Crippen molar-refractivity contribution in [3.63, 3.8) is 0 Å². The predicted molar refractivity (Wildman–Crippen MR) is 59.8 cm³/mol. The maximum absolute atomic E-state index is 11.6. The third-order valence-electron chi connectivity index (χ3n) is 2.73. The standard InChI is InChI=1S/C11H15NO2S/c13-8-9-6-12(7-9)11(14)4-3-10-2-1-5-15-10/h1-2,5,9,13H,3-4,6-8H2. The van der Waals surface area contributed by atoms with Crippen molar-refractivity contribution < 1.29 is 9.90 Å². The number of nitrogens with zero attached hydrogens (tertiary/aromatic N) is 1. The quantitative estimate of drug-likeness (QED) is 0.834. The highest BCUT2D eigenvalue weighted by Gasteiger charge is 2.29. The zero-order valence-electron chi connectivity index (χ0n) is 8.56. The highest BCUT2D eigenvalue weighted by molar-refractivity contribution is 7.09. The molecule has 0 bridgehead atoms. The molecule has 0 saturated carbocycles. The van der Waals surface area contributed by atoms with Crippen LogP contribution in [0.5, 0.6) is 0 Å². The van der Waals surface area contributed by atoms with Gasteiger partial charge in [-0.3, -0.25) is 4.79 Å². The normalized spacial score (nSPS) is 16.5. The first kappa shape index (κ1) is 10.6. The van der Waals surface area contributed by atoms with Gasteiger partial charge in [0.25, 0.3) is 0 Å². The van der Waals surface area contributed by atoms with Gasteiger partial charge in [0, 0.05) is 36.9 Å². The average Bonchev–Trinajstić information content (AvgIpc) is 2.65. The number of hydrogen-bond acceptors (Lipinski definition) is 3. The molecule has 0 radical (unpaired) electrons. The van der Waals surface area contributed by atoms with Crippen LogP contribution in [0.4, 0.5) is 0 Å². The van der Waals surface area contributed by atoms with E-state index in [1.807, 2.05) is 16.3 Å². The number of aryl methyl sites for hydroxylation is 1. The lowest BCUT2D eigenvalue weighted by Gasteiger charge is -2.38. The zero-order chi connectivity index (χ0) is 10.7. The second kappa shape index (κ2) is 4.77. The molecule has 2 rings (SSSR count). The van der Waals surface area contributed by atoms with E-state index >= 15 is 0 Å². The number of carbonyl (C=O) groups excluding carboxylic acids is 1. The number of likely N-dealkylation sites (tertiary alicyclic amines) is 1. The molecular formula is C11H15NO2S. The van der Waals surface area contributed by atoms with Gasteiger partial charge in [-0.1, -0.05) is 6.07 Å². The summed E-state index contributed by atoms with van der Waals surface area (Å²) in [5.74, 6) is 0.531. The Labute approximate surface area is 93.3 Å². The third kappa shape index (κ3) is 2.58. The molecule has 0 unspecified atom stereocenters. The van der Waals surface area contributed by atoms with Crippen LogP contribution in [0.1, 0.15) is 11.3 Å². The minimum atomic E-state index is 0.203. The van der Waals surface area contributed by atoms with E-state index in [0.29, 0.717) is 12.3 Å². The molecular weight excluding hydrogens is 210 g/mol. The molecule has 1 aliphatic heterocycles. The molecule has 0 spiro atoms. The van der Waals surface area contributed by atoms with E-state index in [0.717, 1.165) is 19.5 Å². The van der Waals surface area contributed by atoms with Gasteiger partial charge in [0.15, 0.2) is 0 Å². The van der Waals surface area contributed by atoms with Crippen LogP contribution in [-0.4, -0.2) is 35.6 Å². The van der Waals surface area contributed by atoms with Gasteiger partial charge in [0.05, 0.1) is 0 Å². The molecule has 15 heavy (non-hydrogen) atoms. The third-order valence-corrected chi connectivity index (χ3v) is 3.67. The van der Waals surface area contributed by atoms with Gasteiger partial charge in [-0.2, -0.15) is 0 Å². The number of amides is 1. The highest BCUT2D eigenvalue weighted by Crippen LogP contribution is 2.17. The Hall–Kier alpha value is -0.870. The van der Waals surface area contributed by atoms with Crippen LogP contribution in [0.25, 0.3) is 0 Å². The van der Waals surface area contributed by atoms with Crippen molar-refractivity contribution in [2.45, 2.75) is 12.8 Å². The summed E-state index contributed by atoms with van der Waals surface area (Å²) in [6.45, 7) is 1.67. The Balaban J connectivity index is 1.70. The van der Waals surface area contributed by atoms with Crippen molar-refractivity contribution in [1.82, 2.24) is 4.90 Å². The van der Waals surface area contributed by atoms with Gasteiger partial charge in [0.1, 0.15) is 0 Å². The molecule has 3 nitrogen and oxygen atoms in total. The van der Waals surface area contributed by atoms with E-state index in [9.17, 15) is 4.79 Å². The van der Waals surface area contributed by atoms with Crippen molar-refractivity contribution >= 4 is 17.2 Å². The van der Waals surface area contributed by atoms with E-state index < -0.39 is 0 Å². The van der Waals surface area contributed by atoms with Gasteiger partial charge < -0.3 is 10.0 Å². The number of aliphatic hydroxyl groups is 1. The van der Waals surface area contributed by atoms with Gasteiger partial charge in [-0.25, -0.2) is 0 Å². The zero-order valence-corrected chi connectivity index (χ0v) is 9.37. The van der Waals surface area contributed by atoms with Crippen LogP contribution >= 0.6 is 11.3 Å². The average molecular weight is 225 g/mol. The maximum Gasteiger partial charge on any atom is 0.222 e. The first-order valence-electron chi connectivity index (χ1n) is 5.20. The van der Waals surface area contributed by atoms with Gasteiger partial charge in [-0.15, -0.1) is 11.3 Å². The Bertz CT molecular complexity index is 317. The molecule has 2 heterocycles. The maximum atomic E-state index is 11.6. The van der Waals surface area contributed by atoms with Crippen LogP contribution in [0.3, 0.4) is 0 Å². The molecule has 4 heteroatoms. The Morgan fingerprint density at radius 2 is 2.40 bits per heavy atom. The lowest BCUT2D eigenvalue weighted by Crippen LogP contribution is -2.51. The van der Waals surface area contributed by atoms with Crippen LogP contribution < -0.4 is 0 Å². The molecule has 0 aromatic carbocycles. The minimum Gasteiger partial charge on any atom is -0.396 e. The fourth-order valence-electron chi connectivity index (χ4n) is 1.73. The smallest absolute Gasteiger partial charge is 0.222 e. The number of rotatable bonds is 4. The van der Waals surface area contributed by atoms with Crippen LogP contribution in [0.2, 0.25) is 0 Å². The van der Waals surface area contributed by atoms with Gasteiger partial charge in [-0.05, 0) is 17.9 Å². The van der Waals surface area contributed by atoms with Crippen molar-refractivity contribution in [1.29, 1.82) is 0 Å². The summed E-state index contributed by atoms with van der Waals surface area (Å²) in [5, 5.41) is 10.9. The second-order valence-electron chi connectivity index (χ2n) is 3.93. The van der Waals surface area contributed by atoms with Crippen molar-refractivity contribution in [3.8, 4) is 0 Å². The second-order valence-corrected chi connectivity index (χ2v) is 4.96. The Morgan fingerprint density at radius 3 is 3.00 bits per heavy atom. The summed E-state index contributed by atoms with van der Waals surface area (Å²) < 4.78 is 0. The van der Waals surface area contributed by atoms with Crippen LogP contribution in [0.15, 0.2) is 17.5 Å². The lowest BCUT2D eigenvalue weighted by molar-refractivity contribution is -0.138. The number of aliphatic hydroxyl groups excluding tert-OH is 1. The number of carbonyl (C=O) groups is 1. The largest absolute Gasteiger partial charge is 0.396 e. The number of hydrogen-bond donors (Lipinski definition) is 1. The molecule has 82 valence electrons.